The van der Waals surface area contributed by atoms with E-state index < -0.39 is 0 Å². The fourth-order valence-electron chi connectivity index (χ4n) is 11.6. The lowest BCUT2D eigenvalue weighted by atomic mass is 9.32. The van der Waals surface area contributed by atoms with E-state index >= 15 is 0 Å². The third-order valence-corrected chi connectivity index (χ3v) is 14.3. The molecular weight excluding hydrogens is 472 g/mol. The zero-order chi connectivity index (χ0) is 24.0. The molecule has 5 fully saturated rings. The first-order valence-corrected chi connectivity index (χ1v) is 15.1. The summed E-state index contributed by atoms with van der Waals surface area (Å²) in [7, 11) is 0. The molecule has 2 nitrogen and oxygen atoms in total. The SMILES string of the molecule is C=C(CBr)[C@@H]1CC[C@]2(CO)CC[C@]3(C)C(CCC4[C@@]5(C)CCC(O)C(C)(C)C5CC[C@]43C)C12. The molecule has 5 rings (SSSR count). The highest BCUT2D eigenvalue weighted by atomic mass is 79.9. The van der Waals surface area contributed by atoms with Crippen molar-refractivity contribution in [3.05, 3.63) is 12.2 Å². The van der Waals surface area contributed by atoms with E-state index in [2.05, 4.69) is 57.1 Å². The average molecular weight is 522 g/mol. The van der Waals surface area contributed by atoms with Gasteiger partial charge in [-0.2, -0.15) is 0 Å². The minimum absolute atomic E-state index is 0.0227. The van der Waals surface area contributed by atoms with Crippen molar-refractivity contribution in [2.45, 2.75) is 105 Å². The van der Waals surface area contributed by atoms with E-state index in [9.17, 15) is 10.2 Å². The number of aliphatic hydroxyl groups excluding tert-OH is 2. The van der Waals surface area contributed by atoms with Gasteiger partial charge in [0.25, 0.3) is 0 Å². The molecule has 0 saturated heterocycles. The number of aliphatic hydroxyl groups is 2. The normalized spacial score (nSPS) is 55.2. The Labute approximate surface area is 211 Å². The van der Waals surface area contributed by atoms with E-state index in [1.165, 1.54) is 63.4 Å². The van der Waals surface area contributed by atoms with Crippen LogP contribution in [0.15, 0.2) is 12.2 Å². The van der Waals surface area contributed by atoms with Crippen LogP contribution in [0.1, 0.15) is 98.8 Å². The van der Waals surface area contributed by atoms with Crippen molar-refractivity contribution in [1.29, 1.82) is 0 Å². The van der Waals surface area contributed by atoms with Crippen LogP contribution in [0.5, 0.6) is 0 Å². The maximum Gasteiger partial charge on any atom is 0.0594 e. The number of alkyl halides is 1. The molecule has 2 N–H and O–H groups in total. The Morgan fingerprint density at radius 1 is 0.848 bits per heavy atom. The monoisotopic (exact) mass is 520 g/mol. The van der Waals surface area contributed by atoms with Gasteiger partial charge in [-0.15, -0.1) is 0 Å². The highest BCUT2D eigenvalue weighted by Crippen LogP contribution is 2.77. The van der Waals surface area contributed by atoms with E-state index in [1.54, 1.807) is 0 Å². The lowest BCUT2D eigenvalue weighted by Gasteiger charge is -2.73. The van der Waals surface area contributed by atoms with Gasteiger partial charge in [0.1, 0.15) is 0 Å². The van der Waals surface area contributed by atoms with E-state index in [4.69, 9.17) is 0 Å². The molecule has 0 radical (unpaired) electrons. The second kappa shape index (κ2) is 7.82. The quantitative estimate of drug-likeness (QED) is 0.301. The summed E-state index contributed by atoms with van der Waals surface area (Å²) < 4.78 is 0. The summed E-state index contributed by atoms with van der Waals surface area (Å²) in [5.41, 5.74) is 2.54. The average Bonchev–Trinajstić information content (AvgIpc) is 3.17. The van der Waals surface area contributed by atoms with Gasteiger partial charge < -0.3 is 10.2 Å². The first kappa shape index (κ1) is 24.8. The number of hydrogen-bond donors (Lipinski definition) is 2. The van der Waals surface area contributed by atoms with Crippen molar-refractivity contribution in [2.24, 2.45) is 56.7 Å². The summed E-state index contributed by atoms with van der Waals surface area (Å²) in [6, 6.07) is 0. The molecule has 188 valence electrons. The minimum Gasteiger partial charge on any atom is -0.396 e. The van der Waals surface area contributed by atoms with Crippen LogP contribution in [0.2, 0.25) is 0 Å². The zero-order valence-corrected chi connectivity index (χ0v) is 23.5. The van der Waals surface area contributed by atoms with Crippen LogP contribution < -0.4 is 0 Å². The van der Waals surface area contributed by atoms with E-state index in [0.717, 1.165) is 17.7 Å². The lowest BCUT2D eigenvalue weighted by molar-refractivity contribution is -0.249. The highest BCUT2D eigenvalue weighted by molar-refractivity contribution is 9.09. The standard InChI is InChI=1S/C30H49BrO2/c1-19(17-31)20-9-14-30(18-32)16-15-28(5)21(25(20)30)7-8-23-27(4)12-11-24(33)26(2,3)22(27)10-13-29(23,28)6/h20-25,32-33H,1,7-18H2,2-6H3/t20-,21?,22?,23?,24?,25?,27-,28+,29+,30+/m0/s1. The predicted molar refractivity (Wildman–Crippen MR) is 140 cm³/mol. The largest absolute Gasteiger partial charge is 0.396 e. The van der Waals surface area contributed by atoms with Gasteiger partial charge in [0, 0.05) is 11.9 Å². The number of hydrogen-bond acceptors (Lipinski definition) is 2. The van der Waals surface area contributed by atoms with E-state index in [-0.39, 0.29) is 16.9 Å². The fraction of sp³-hybridized carbons (Fsp3) is 0.933. The van der Waals surface area contributed by atoms with Crippen LogP contribution in [0.3, 0.4) is 0 Å². The Morgan fingerprint density at radius 2 is 1.58 bits per heavy atom. The van der Waals surface area contributed by atoms with Crippen LogP contribution in [-0.2, 0) is 0 Å². The van der Waals surface area contributed by atoms with Crippen LogP contribution in [0.25, 0.3) is 0 Å². The van der Waals surface area contributed by atoms with Gasteiger partial charge in [-0.1, -0.05) is 62.7 Å². The summed E-state index contributed by atoms with van der Waals surface area (Å²) in [6.07, 6.45) is 12.1. The number of fused-ring (bicyclic) bond motifs is 7. The van der Waals surface area contributed by atoms with Crippen LogP contribution in [0, 0.1) is 56.7 Å². The van der Waals surface area contributed by atoms with Gasteiger partial charge in [-0.05, 0) is 121 Å². The summed E-state index contributed by atoms with van der Waals surface area (Å²) in [5, 5.41) is 22.5. The third kappa shape index (κ3) is 3.03. The first-order chi connectivity index (χ1) is 15.4. The molecule has 0 aliphatic heterocycles. The third-order valence-electron chi connectivity index (χ3n) is 13.6. The van der Waals surface area contributed by atoms with E-state index in [0.29, 0.717) is 46.5 Å². The molecule has 5 unspecified atom stereocenters. The molecule has 0 spiro atoms. The molecule has 0 bridgehead atoms. The van der Waals surface area contributed by atoms with Crippen molar-refractivity contribution in [3.8, 4) is 0 Å². The molecular formula is C30H49BrO2. The Morgan fingerprint density at radius 3 is 2.24 bits per heavy atom. The minimum atomic E-state index is -0.152. The van der Waals surface area contributed by atoms with Gasteiger partial charge in [0.05, 0.1) is 6.10 Å². The second-order valence-electron chi connectivity index (χ2n) is 14.5. The molecule has 0 aromatic carbocycles. The van der Waals surface area contributed by atoms with Gasteiger partial charge in [0.15, 0.2) is 0 Å². The predicted octanol–water partition coefficient (Wildman–Crippen LogP) is 7.37. The van der Waals surface area contributed by atoms with Gasteiger partial charge >= 0.3 is 0 Å². The fourth-order valence-corrected chi connectivity index (χ4v) is 12.0. The Kier molecular flexibility index (Phi) is 5.88. The van der Waals surface area contributed by atoms with Gasteiger partial charge in [0.2, 0.25) is 0 Å². The molecule has 5 aliphatic carbocycles. The number of allylic oxidation sites excluding steroid dienone is 1. The molecule has 0 heterocycles. The summed E-state index contributed by atoms with van der Waals surface area (Å²) in [4.78, 5) is 0. The van der Waals surface area contributed by atoms with Crippen molar-refractivity contribution in [2.75, 3.05) is 11.9 Å². The van der Waals surface area contributed by atoms with Crippen molar-refractivity contribution in [1.82, 2.24) is 0 Å². The van der Waals surface area contributed by atoms with Crippen molar-refractivity contribution < 1.29 is 10.2 Å². The molecule has 33 heavy (non-hydrogen) atoms. The Balaban J connectivity index is 1.54. The topological polar surface area (TPSA) is 40.5 Å². The van der Waals surface area contributed by atoms with Crippen LogP contribution >= 0.6 is 15.9 Å². The molecule has 5 saturated carbocycles. The zero-order valence-electron chi connectivity index (χ0n) is 21.9. The van der Waals surface area contributed by atoms with Crippen molar-refractivity contribution in [3.63, 3.8) is 0 Å². The smallest absolute Gasteiger partial charge is 0.0594 e. The van der Waals surface area contributed by atoms with Crippen LogP contribution in [0.4, 0.5) is 0 Å². The maximum atomic E-state index is 10.9. The summed E-state index contributed by atoms with van der Waals surface area (Å²) >= 11 is 3.73. The lowest BCUT2D eigenvalue weighted by Crippen LogP contribution is -2.66. The van der Waals surface area contributed by atoms with Crippen molar-refractivity contribution >= 4 is 15.9 Å². The highest BCUT2D eigenvalue weighted by Gasteiger charge is 2.70. The molecule has 0 amide bonds. The number of halogens is 1. The van der Waals surface area contributed by atoms with E-state index in [1.807, 2.05) is 0 Å². The maximum absolute atomic E-state index is 10.9. The summed E-state index contributed by atoms with van der Waals surface area (Å²) in [6.45, 7) is 17.5. The Hall–Kier alpha value is 0.140. The molecule has 0 aromatic heterocycles. The second-order valence-corrected chi connectivity index (χ2v) is 15.1. The molecule has 0 aromatic rings. The molecule has 10 atom stereocenters. The van der Waals surface area contributed by atoms with Gasteiger partial charge in [-0.25, -0.2) is 0 Å². The van der Waals surface area contributed by atoms with Gasteiger partial charge in [-0.3, -0.25) is 0 Å². The molecule has 5 aliphatic rings. The van der Waals surface area contributed by atoms with Crippen LogP contribution in [-0.4, -0.2) is 28.3 Å². The Bertz CT molecular complexity index is 807. The summed E-state index contributed by atoms with van der Waals surface area (Å²) in [5.74, 6) is 3.23. The molecule has 3 heteroatoms. The number of rotatable bonds is 3. The first-order valence-electron chi connectivity index (χ1n) is 13.9.